The molecule has 10 heteroatoms. The van der Waals surface area contributed by atoms with Crippen LogP contribution >= 0.6 is 0 Å². The summed E-state index contributed by atoms with van der Waals surface area (Å²) in [6.07, 6.45) is -1.18. The van der Waals surface area contributed by atoms with Crippen LogP contribution < -0.4 is 27.0 Å². The van der Waals surface area contributed by atoms with E-state index in [1.165, 1.54) is 0 Å². The molecule has 0 aliphatic heterocycles. The lowest BCUT2D eigenvalue weighted by atomic mass is 10.5. The predicted molar refractivity (Wildman–Crippen MR) is 64.1 cm³/mol. The lowest BCUT2D eigenvalue weighted by Crippen LogP contribution is -2.44. The van der Waals surface area contributed by atoms with Crippen molar-refractivity contribution in [3.8, 4) is 0 Å². The number of amides is 4. The van der Waals surface area contributed by atoms with Crippen LogP contribution in [0.1, 0.15) is 0 Å². The van der Waals surface area contributed by atoms with Crippen LogP contribution in [-0.2, 0) is 14.4 Å². The molecule has 0 aliphatic rings. The Labute approximate surface area is 109 Å². The van der Waals surface area contributed by atoms with E-state index in [9.17, 15) is 19.2 Å². The molecule has 108 valence electrons. The monoisotopic (exact) mass is 275 g/mol. The largest absolute Gasteiger partial charge is 0.465 e. The molecule has 0 aliphatic carbocycles. The van der Waals surface area contributed by atoms with E-state index < -0.39 is 23.8 Å². The first-order valence-corrected chi connectivity index (χ1v) is 5.42. The minimum atomic E-state index is -1.18. The molecule has 0 heterocycles. The minimum absolute atomic E-state index is 0.0710. The maximum Gasteiger partial charge on any atom is 0.404 e. The second-order valence-electron chi connectivity index (χ2n) is 3.34. The van der Waals surface area contributed by atoms with Crippen molar-refractivity contribution in [3.05, 3.63) is 0 Å². The molecule has 7 N–H and O–H groups in total. The lowest BCUT2D eigenvalue weighted by molar-refractivity contribution is -0.127. The Morgan fingerprint density at radius 1 is 0.789 bits per heavy atom. The van der Waals surface area contributed by atoms with Gasteiger partial charge < -0.3 is 32.1 Å². The van der Waals surface area contributed by atoms with Crippen LogP contribution in [0.2, 0.25) is 0 Å². The summed E-state index contributed by atoms with van der Waals surface area (Å²) in [5, 5.41) is 17.2. The second-order valence-corrected chi connectivity index (χ2v) is 3.34. The minimum Gasteiger partial charge on any atom is -0.465 e. The Morgan fingerprint density at radius 3 is 1.79 bits per heavy atom. The maximum atomic E-state index is 11.2. The summed E-state index contributed by atoms with van der Waals surface area (Å²) < 4.78 is 0. The number of rotatable bonds is 8. The molecular formula is C9H17N5O5. The van der Waals surface area contributed by atoms with Gasteiger partial charge in [0.15, 0.2) is 0 Å². The Morgan fingerprint density at radius 2 is 1.26 bits per heavy atom. The van der Waals surface area contributed by atoms with Crippen molar-refractivity contribution in [2.45, 2.75) is 0 Å². The van der Waals surface area contributed by atoms with Crippen molar-refractivity contribution >= 4 is 23.8 Å². The molecule has 0 aromatic rings. The highest BCUT2D eigenvalue weighted by molar-refractivity contribution is 5.88. The van der Waals surface area contributed by atoms with E-state index in [0.717, 1.165) is 0 Å². The zero-order valence-corrected chi connectivity index (χ0v) is 10.2. The van der Waals surface area contributed by atoms with E-state index in [1.54, 1.807) is 0 Å². The molecule has 0 fully saturated rings. The molecule has 0 saturated heterocycles. The number of carboxylic acid groups (broad SMARTS) is 1. The highest BCUT2D eigenvalue weighted by Gasteiger charge is 2.06. The SMILES string of the molecule is NCC(=O)NCC(=O)NCC(=O)NCCNC(=O)O. The summed E-state index contributed by atoms with van der Waals surface area (Å²) in [5.74, 6) is -1.47. The zero-order valence-electron chi connectivity index (χ0n) is 10.2. The fraction of sp³-hybridized carbons (Fsp3) is 0.556. The molecule has 0 atom stereocenters. The standard InChI is InChI=1S/C9H17N5O5/c10-3-6(15)13-5-8(17)14-4-7(16)11-1-2-12-9(18)19/h12H,1-5,10H2,(H,11,16)(H,13,15)(H,14,17)(H,18,19). The normalized spacial score (nSPS) is 9.32. The van der Waals surface area contributed by atoms with E-state index in [-0.39, 0.29) is 32.7 Å². The first-order valence-electron chi connectivity index (χ1n) is 5.42. The van der Waals surface area contributed by atoms with E-state index in [0.29, 0.717) is 0 Å². The Balaban J connectivity index is 3.58. The van der Waals surface area contributed by atoms with Crippen LogP contribution in [0.25, 0.3) is 0 Å². The molecule has 0 unspecified atom stereocenters. The second kappa shape index (κ2) is 9.65. The van der Waals surface area contributed by atoms with Gasteiger partial charge in [-0.15, -0.1) is 0 Å². The summed E-state index contributed by atoms with van der Waals surface area (Å²) in [7, 11) is 0. The Bertz CT molecular complexity index is 346. The summed E-state index contributed by atoms with van der Waals surface area (Å²) in [4.78, 5) is 43.1. The molecule has 19 heavy (non-hydrogen) atoms. The third-order valence-electron chi connectivity index (χ3n) is 1.80. The van der Waals surface area contributed by atoms with Crippen LogP contribution in [0.15, 0.2) is 0 Å². The van der Waals surface area contributed by atoms with Crippen LogP contribution in [0, 0.1) is 0 Å². The molecule has 0 spiro atoms. The van der Waals surface area contributed by atoms with Crippen LogP contribution in [0.5, 0.6) is 0 Å². The average molecular weight is 275 g/mol. The maximum absolute atomic E-state index is 11.2. The summed E-state index contributed by atoms with van der Waals surface area (Å²) >= 11 is 0. The van der Waals surface area contributed by atoms with Gasteiger partial charge in [-0.05, 0) is 0 Å². The molecule has 0 aromatic carbocycles. The van der Waals surface area contributed by atoms with Crippen molar-refractivity contribution in [2.75, 3.05) is 32.7 Å². The van der Waals surface area contributed by atoms with Crippen LogP contribution in [-0.4, -0.2) is 61.6 Å². The van der Waals surface area contributed by atoms with Gasteiger partial charge in [0.05, 0.1) is 19.6 Å². The van der Waals surface area contributed by atoms with Crippen molar-refractivity contribution in [1.82, 2.24) is 21.3 Å². The van der Waals surface area contributed by atoms with Gasteiger partial charge in [0, 0.05) is 13.1 Å². The topological polar surface area (TPSA) is 163 Å². The average Bonchev–Trinajstić information content (AvgIpc) is 2.38. The van der Waals surface area contributed by atoms with Gasteiger partial charge in [-0.2, -0.15) is 0 Å². The van der Waals surface area contributed by atoms with Crippen molar-refractivity contribution < 1.29 is 24.3 Å². The summed E-state index contributed by atoms with van der Waals surface area (Å²) in [6, 6.07) is 0. The molecule has 0 radical (unpaired) electrons. The van der Waals surface area contributed by atoms with Crippen LogP contribution in [0.4, 0.5) is 4.79 Å². The highest BCUT2D eigenvalue weighted by atomic mass is 16.4. The van der Waals surface area contributed by atoms with Gasteiger partial charge in [-0.1, -0.05) is 0 Å². The third-order valence-corrected chi connectivity index (χ3v) is 1.80. The number of nitrogens with one attached hydrogen (secondary N) is 4. The molecular weight excluding hydrogens is 258 g/mol. The lowest BCUT2D eigenvalue weighted by Gasteiger charge is -2.07. The molecule has 10 nitrogen and oxygen atoms in total. The smallest absolute Gasteiger partial charge is 0.404 e. The third kappa shape index (κ3) is 10.5. The number of carbonyl (C=O) groups is 4. The van der Waals surface area contributed by atoms with Gasteiger partial charge in [0.25, 0.3) is 0 Å². The quantitative estimate of drug-likeness (QED) is 0.252. The van der Waals surface area contributed by atoms with E-state index in [2.05, 4.69) is 21.3 Å². The van der Waals surface area contributed by atoms with Crippen molar-refractivity contribution in [2.24, 2.45) is 5.73 Å². The molecule has 0 rings (SSSR count). The fourth-order valence-corrected chi connectivity index (χ4v) is 0.926. The molecule has 0 saturated carbocycles. The number of carbonyl (C=O) groups excluding carboxylic acids is 3. The summed E-state index contributed by atoms with van der Waals surface area (Å²) in [6.45, 7) is -0.550. The summed E-state index contributed by atoms with van der Waals surface area (Å²) in [5.41, 5.74) is 5.01. The molecule has 0 aromatic heterocycles. The van der Waals surface area contributed by atoms with Gasteiger partial charge in [0.1, 0.15) is 0 Å². The van der Waals surface area contributed by atoms with Gasteiger partial charge in [-0.3, -0.25) is 14.4 Å². The zero-order chi connectivity index (χ0) is 14.7. The molecule has 4 amide bonds. The van der Waals surface area contributed by atoms with E-state index >= 15 is 0 Å². The number of hydrogen-bond acceptors (Lipinski definition) is 5. The number of hydrogen-bond donors (Lipinski definition) is 6. The Hall–Kier alpha value is -2.36. The Kier molecular flexibility index (Phi) is 8.45. The van der Waals surface area contributed by atoms with Gasteiger partial charge in [-0.25, -0.2) is 4.79 Å². The number of nitrogens with two attached hydrogens (primary N) is 1. The predicted octanol–water partition coefficient (Wildman–Crippen LogP) is -3.44. The highest BCUT2D eigenvalue weighted by Crippen LogP contribution is 1.69. The van der Waals surface area contributed by atoms with Gasteiger partial charge in [0.2, 0.25) is 17.7 Å². The fourth-order valence-electron chi connectivity index (χ4n) is 0.926. The van der Waals surface area contributed by atoms with E-state index in [4.69, 9.17) is 10.8 Å². The van der Waals surface area contributed by atoms with Crippen molar-refractivity contribution in [1.29, 1.82) is 0 Å². The van der Waals surface area contributed by atoms with Crippen molar-refractivity contribution in [3.63, 3.8) is 0 Å². The first-order chi connectivity index (χ1) is 8.95. The van der Waals surface area contributed by atoms with Gasteiger partial charge >= 0.3 is 6.09 Å². The van der Waals surface area contributed by atoms with Crippen LogP contribution in [0.3, 0.4) is 0 Å². The first kappa shape index (κ1) is 16.6. The van der Waals surface area contributed by atoms with E-state index in [1.807, 2.05) is 0 Å². The molecule has 0 bridgehead atoms.